The van der Waals surface area contributed by atoms with Crippen LogP contribution < -0.4 is 0 Å². The van der Waals surface area contributed by atoms with E-state index in [0.717, 1.165) is 10.9 Å². The van der Waals surface area contributed by atoms with E-state index in [2.05, 4.69) is 0 Å². The molecule has 0 bridgehead atoms. The van der Waals surface area contributed by atoms with Gasteiger partial charge in [-0.2, -0.15) is 0 Å². The maximum absolute atomic E-state index is 11.0. The van der Waals surface area contributed by atoms with E-state index in [4.69, 9.17) is 0 Å². The van der Waals surface area contributed by atoms with E-state index < -0.39 is 0 Å². The minimum absolute atomic E-state index is 0.196. The van der Waals surface area contributed by atoms with Crippen LogP contribution in [0.3, 0.4) is 0 Å². The standard InChI is InChI=1S/C13H13NO2/c1-9(2)11-7-10-5-3-4-6-12(10)13(8-11)14(15)16/h3-9H,1-2H3. The lowest BCUT2D eigenvalue weighted by Crippen LogP contribution is -1.94. The normalized spacial score (nSPS) is 10.9. The van der Waals surface area contributed by atoms with Crippen LogP contribution >= 0.6 is 0 Å². The summed E-state index contributed by atoms with van der Waals surface area (Å²) in [5.41, 5.74) is 1.20. The molecule has 0 aliphatic carbocycles. The lowest BCUT2D eigenvalue weighted by Gasteiger charge is -2.07. The fraction of sp³-hybridized carbons (Fsp3) is 0.231. The minimum Gasteiger partial charge on any atom is -0.258 e. The van der Waals surface area contributed by atoms with Crippen molar-refractivity contribution in [3.05, 3.63) is 52.1 Å². The first-order chi connectivity index (χ1) is 7.59. The Balaban J connectivity index is 2.79. The van der Waals surface area contributed by atoms with Crippen molar-refractivity contribution >= 4 is 16.5 Å². The van der Waals surface area contributed by atoms with Crippen molar-refractivity contribution in [1.82, 2.24) is 0 Å². The van der Waals surface area contributed by atoms with Gasteiger partial charge >= 0.3 is 0 Å². The molecule has 0 unspecified atom stereocenters. The number of benzene rings is 2. The summed E-state index contributed by atoms with van der Waals surface area (Å²) in [5, 5.41) is 12.6. The van der Waals surface area contributed by atoms with E-state index in [-0.39, 0.29) is 10.6 Å². The SMILES string of the molecule is CC(C)c1cc([N+](=O)[O-])c2ccccc2c1. The minimum atomic E-state index is -0.311. The number of hydrogen-bond donors (Lipinski definition) is 0. The molecule has 0 saturated carbocycles. The second-order valence-corrected chi connectivity index (χ2v) is 4.17. The maximum atomic E-state index is 11.0. The third kappa shape index (κ3) is 1.76. The molecule has 0 aliphatic rings. The lowest BCUT2D eigenvalue weighted by atomic mass is 9.98. The Labute approximate surface area is 93.9 Å². The molecular weight excluding hydrogens is 202 g/mol. The van der Waals surface area contributed by atoms with Crippen LogP contribution in [0.15, 0.2) is 36.4 Å². The summed E-state index contributed by atoms with van der Waals surface area (Å²) >= 11 is 0. The van der Waals surface area contributed by atoms with Crippen molar-refractivity contribution in [3.63, 3.8) is 0 Å². The summed E-state index contributed by atoms with van der Waals surface area (Å²) in [6.45, 7) is 4.07. The zero-order valence-corrected chi connectivity index (χ0v) is 9.31. The average Bonchev–Trinajstić information content (AvgIpc) is 2.27. The molecule has 0 aromatic heterocycles. The molecule has 0 amide bonds. The molecule has 0 atom stereocenters. The smallest absolute Gasteiger partial charge is 0.258 e. The number of fused-ring (bicyclic) bond motifs is 1. The number of non-ortho nitro benzene ring substituents is 1. The zero-order valence-electron chi connectivity index (χ0n) is 9.31. The summed E-state index contributed by atoms with van der Waals surface area (Å²) in [6.07, 6.45) is 0. The second-order valence-electron chi connectivity index (χ2n) is 4.17. The number of rotatable bonds is 2. The predicted molar refractivity (Wildman–Crippen MR) is 64.7 cm³/mol. The first kappa shape index (κ1) is 10.6. The monoisotopic (exact) mass is 215 g/mol. The third-order valence-corrected chi connectivity index (χ3v) is 2.73. The highest BCUT2D eigenvalue weighted by Gasteiger charge is 2.14. The van der Waals surface area contributed by atoms with Gasteiger partial charge in [0.15, 0.2) is 0 Å². The van der Waals surface area contributed by atoms with E-state index in [9.17, 15) is 10.1 Å². The second kappa shape index (κ2) is 3.93. The quantitative estimate of drug-likeness (QED) is 0.563. The van der Waals surface area contributed by atoms with Gasteiger partial charge in [0.2, 0.25) is 0 Å². The van der Waals surface area contributed by atoms with Crippen LogP contribution in [0, 0.1) is 10.1 Å². The van der Waals surface area contributed by atoms with Crippen LogP contribution in [-0.4, -0.2) is 4.92 Å². The van der Waals surface area contributed by atoms with Gasteiger partial charge < -0.3 is 0 Å². The average molecular weight is 215 g/mol. The third-order valence-electron chi connectivity index (χ3n) is 2.73. The highest BCUT2D eigenvalue weighted by atomic mass is 16.6. The Morgan fingerprint density at radius 3 is 2.50 bits per heavy atom. The Hall–Kier alpha value is -1.90. The molecule has 3 nitrogen and oxygen atoms in total. The molecule has 0 spiro atoms. The largest absolute Gasteiger partial charge is 0.277 e. The van der Waals surface area contributed by atoms with Crippen LogP contribution in [0.25, 0.3) is 10.8 Å². The Kier molecular flexibility index (Phi) is 2.60. The molecule has 16 heavy (non-hydrogen) atoms. The van der Waals surface area contributed by atoms with Gasteiger partial charge in [0.05, 0.1) is 10.3 Å². The van der Waals surface area contributed by atoms with Gasteiger partial charge in [-0.05, 0) is 22.9 Å². The van der Waals surface area contributed by atoms with Gasteiger partial charge in [-0.3, -0.25) is 10.1 Å². The summed E-state index contributed by atoms with van der Waals surface area (Å²) < 4.78 is 0. The topological polar surface area (TPSA) is 43.1 Å². The molecule has 0 aliphatic heterocycles. The van der Waals surface area contributed by atoms with Gasteiger partial charge in [0.25, 0.3) is 5.69 Å². The highest BCUT2D eigenvalue weighted by Crippen LogP contribution is 2.30. The van der Waals surface area contributed by atoms with Crippen molar-refractivity contribution in [3.8, 4) is 0 Å². The van der Waals surface area contributed by atoms with E-state index >= 15 is 0 Å². The van der Waals surface area contributed by atoms with Crippen LogP contribution in [0.2, 0.25) is 0 Å². The number of nitro benzene ring substituents is 1. The van der Waals surface area contributed by atoms with Crippen LogP contribution in [0.5, 0.6) is 0 Å². The van der Waals surface area contributed by atoms with Gasteiger partial charge in [0, 0.05) is 6.07 Å². The zero-order chi connectivity index (χ0) is 11.7. The molecule has 0 fully saturated rings. The molecule has 0 heterocycles. The molecule has 0 N–H and O–H groups in total. The van der Waals surface area contributed by atoms with Gasteiger partial charge in [-0.15, -0.1) is 0 Å². The molecule has 82 valence electrons. The number of nitrogens with zero attached hydrogens (tertiary/aromatic N) is 1. The summed E-state index contributed by atoms with van der Waals surface area (Å²) in [4.78, 5) is 10.7. The predicted octanol–water partition coefficient (Wildman–Crippen LogP) is 3.87. The molecular formula is C13H13NO2. The highest BCUT2D eigenvalue weighted by molar-refractivity contribution is 5.91. The van der Waals surface area contributed by atoms with Crippen LogP contribution in [-0.2, 0) is 0 Å². The molecule has 0 saturated heterocycles. The first-order valence-electron chi connectivity index (χ1n) is 5.26. The maximum Gasteiger partial charge on any atom is 0.277 e. The van der Waals surface area contributed by atoms with Crippen molar-refractivity contribution in [2.24, 2.45) is 0 Å². The Morgan fingerprint density at radius 2 is 1.88 bits per heavy atom. The van der Waals surface area contributed by atoms with E-state index in [1.165, 1.54) is 0 Å². The van der Waals surface area contributed by atoms with Crippen molar-refractivity contribution in [2.75, 3.05) is 0 Å². The first-order valence-corrected chi connectivity index (χ1v) is 5.26. The van der Waals surface area contributed by atoms with Gasteiger partial charge in [-0.1, -0.05) is 38.1 Å². The summed E-state index contributed by atoms with van der Waals surface area (Å²) in [5.74, 6) is 0.295. The summed E-state index contributed by atoms with van der Waals surface area (Å²) in [6, 6.07) is 11.1. The van der Waals surface area contributed by atoms with Gasteiger partial charge in [0.1, 0.15) is 0 Å². The lowest BCUT2D eigenvalue weighted by molar-refractivity contribution is -0.383. The van der Waals surface area contributed by atoms with Crippen molar-refractivity contribution in [1.29, 1.82) is 0 Å². The Morgan fingerprint density at radius 1 is 1.19 bits per heavy atom. The van der Waals surface area contributed by atoms with Crippen molar-refractivity contribution in [2.45, 2.75) is 19.8 Å². The summed E-state index contributed by atoms with van der Waals surface area (Å²) in [7, 11) is 0. The van der Waals surface area contributed by atoms with E-state index in [0.29, 0.717) is 11.3 Å². The molecule has 2 aromatic rings. The van der Waals surface area contributed by atoms with Crippen LogP contribution in [0.4, 0.5) is 5.69 Å². The number of hydrogen-bond acceptors (Lipinski definition) is 2. The van der Waals surface area contributed by atoms with Gasteiger partial charge in [-0.25, -0.2) is 0 Å². The number of nitro groups is 1. The molecule has 3 heteroatoms. The molecule has 2 aromatic carbocycles. The molecule has 0 radical (unpaired) electrons. The van der Waals surface area contributed by atoms with E-state index in [1.54, 1.807) is 12.1 Å². The Bertz CT molecular complexity index is 547. The van der Waals surface area contributed by atoms with Crippen LogP contribution in [0.1, 0.15) is 25.3 Å². The molecule has 2 rings (SSSR count). The fourth-order valence-electron chi connectivity index (χ4n) is 1.80. The van der Waals surface area contributed by atoms with E-state index in [1.807, 2.05) is 38.1 Å². The fourth-order valence-corrected chi connectivity index (χ4v) is 1.80. The van der Waals surface area contributed by atoms with Crippen molar-refractivity contribution < 1.29 is 4.92 Å².